The Morgan fingerprint density at radius 3 is 1.44 bits per heavy atom. The third-order valence-electron chi connectivity index (χ3n) is 18.2. The molecule has 2 saturated heterocycles. The van der Waals surface area contributed by atoms with Crippen molar-refractivity contribution in [3.63, 3.8) is 0 Å². The van der Waals surface area contributed by atoms with E-state index in [0.717, 1.165) is 16.2 Å². The van der Waals surface area contributed by atoms with E-state index < -0.39 is 138 Å². The van der Waals surface area contributed by atoms with Crippen molar-refractivity contribution in [2.45, 2.75) is 194 Å². The zero-order valence-electron chi connectivity index (χ0n) is 55.4. The molecular weight excluding hydrogens is 1120 g/mol. The molecule has 0 aliphatic carbocycles. The minimum absolute atomic E-state index is 0.0640. The molecule has 0 spiro atoms. The number of aliphatic hydroxyl groups excluding tert-OH is 1. The molecule has 22 nitrogen and oxygen atoms in total. The first-order valence-electron chi connectivity index (χ1n) is 31.3. The van der Waals surface area contributed by atoms with E-state index in [1.54, 1.807) is 65.6 Å². The van der Waals surface area contributed by atoms with Crippen LogP contribution in [0.25, 0.3) is 0 Å². The number of Topliss-reactive ketones (excluding diaryl/α,β-unsaturated/α-hetero) is 1. The van der Waals surface area contributed by atoms with Crippen molar-refractivity contribution in [2.75, 3.05) is 62.4 Å². The number of amides is 10. The van der Waals surface area contributed by atoms with Crippen LogP contribution in [0.2, 0.25) is 0 Å². The third-order valence-corrected chi connectivity index (χ3v) is 18.2. The molecule has 0 bridgehead atoms. The van der Waals surface area contributed by atoms with Gasteiger partial charge in [0.05, 0.1) is 18.6 Å². The fourth-order valence-corrected chi connectivity index (χ4v) is 11.5. The molecule has 2 fully saturated rings. The van der Waals surface area contributed by atoms with Gasteiger partial charge in [0.25, 0.3) is 0 Å². The molecule has 3 N–H and O–H groups in total. The van der Waals surface area contributed by atoms with Gasteiger partial charge in [-0.15, -0.1) is 0 Å². The Morgan fingerprint density at radius 1 is 0.500 bits per heavy atom. The first kappa shape index (κ1) is 73.2. The van der Waals surface area contributed by atoms with Gasteiger partial charge >= 0.3 is 0 Å². The number of hydrogen-bond acceptors (Lipinski definition) is 12. The summed E-state index contributed by atoms with van der Waals surface area (Å²) in [6.07, 6.45) is 0.435. The largest absolute Gasteiger partial charge is 0.391 e. The third kappa shape index (κ3) is 18.9. The molecule has 2 aromatic rings. The highest BCUT2D eigenvalue weighted by Gasteiger charge is 2.44. The fraction of sp³-hybridized carbons (Fsp3) is 0.652. The van der Waals surface area contributed by atoms with E-state index in [1.165, 1.54) is 102 Å². The molecule has 0 radical (unpaired) electrons. The van der Waals surface area contributed by atoms with Gasteiger partial charge < -0.3 is 54.9 Å². The lowest BCUT2D eigenvalue weighted by molar-refractivity contribution is -0.153. The second-order valence-corrected chi connectivity index (χ2v) is 25.5. The van der Waals surface area contributed by atoms with Gasteiger partial charge in [0.15, 0.2) is 5.78 Å². The second-order valence-electron chi connectivity index (χ2n) is 25.5. The van der Waals surface area contributed by atoms with Crippen LogP contribution in [0.5, 0.6) is 0 Å². The Morgan fingerprint density at radius 2 is 0.932 bits per heavy atom. The molecule has 2 heterocycles. The highest BCUT2D eigenvalue weighted by molar-refractivity contribution is 6.00. The molecule has 0 saturated carbocycles. The van der Waals surface area contributed by atoms with Crippen molar-refractivity contribution in [1.29, 1.82) is 0 Å². The van der Waals surface area contributed by atoms with Gasteiger partial charge in [0.1, 0.15) is 48.3 Å². The summed E-state index contributed by atoms with van der Waals surface area (Å²) in [5, 5.41) is 17.0. The van der Waals surface area contributed by atoms with E-state index in [4.69, 9.17) is 0 Å². The summed E-state index contributed by atoms with van der Waals surface area (Å²) in [5.41, 5.74) is 1.28. The van der Waals surface area contributed by atoms with Gasteiger partial charge in [-0.3, -0.25) is 52.7 Å². The Balaban J connectivity index is 1.94. The first-order valence-corrected chi connectivity index (χ1v) is 31.3. The van der Waals surface area contributed by atoms with Crippen LogP contribution in [-0.2, 0) is 65.6 Å². The lowest BCUT2D eigenvalue weighted by Crippen LogP contribution is -2.62. The lowest BCUT2D eigenvalue weighted by atomic mass is 9.84. The van der Waals surface area contributed by atoms with Crippen molar-refractivity contribution in [1.82, 2.24) is 49.8 Å². The minimum Gasteiger partial charge on any atom is -0.391 e. The maximum Gasteiger partial charge on any atom is 0.248 e. The molecule has 488 valence electrons. The van der Waals surface area contributed by atoms with Crippen molar-refractivity contribution in [3.05, 3.63) is 71.8 Å². The summed E-state index contributed by atoms with van der Waals surface area (Å²) in [6.45, 7) is 17.7. The standard InChI is InChI=1S/C66H102N10O12/c1-18-42(6)49-38-55(78)43(7)70(12)60(82)44(8)69(11)56(79)39-50(63(85)76-32-26-21-27-33-76)67-58(80)51(34-40(2)3)72(14)61(83)45(9)71(13)64(86)54(37-48-30-24-20-25-31-48)75(17)66(88)57(46(10)77)68-59(81)52(36-47-28-22-19-23-29-47)73(15)65(87)53(35-41(4)5)74(16)62(49)84/h19-20,22-25,28-31,40-46,49-54,57,77H,18,21,26-27,32-39H2,1-17H3,(H,67,80)(H,68,81)/t42-,43-,44+,45-,46+,49-,50-,51-,52-,53-,54-,57-/m0/s1. The number of nitrogens with one attached hydrogen (secondary N) is 2. The molecule has 88 heavy (non-hydrogen) atoms. The predicted molar refractivity (Wildman–Crippen MR) is 335 cm³/mol. The van der Waals surface area contributed by atoms with Crippen molar-refractivity contribution in [2.24, 2.45) is 23.7 Å². The maximum atomic E-state index is 15.2. The van der Waals surface area contributed by atoms with E-state index in [0.29, 0.717) is 43.5 Å². The molecular formula is C66H102N10O12. The van der Waals surface area contributed by atoms with Crippen molar-refractivity contribution >= 4 is 64.9 Å². The Hall–Kier alpha value is -7.23. The van der Waals surface area contributed by atoms with Crippen molar-refractivity contribution < 1.29 is 57.8 Å². The number of likely N-dealkylation sites (tertiary alicyclic amines) is 1. The molecule has 2 aliphatic rings. The number of carbonyl (C=O) groups is 11. The summed E-state index contributed by atoms with van der Waals surface area (Å²) >= 11 is 0. The Labute approximate surface area is 522 Å². The van der Waals surface area contributed by atoms with Gasteiger partial charge in [-0.1, -0.05) is 109 Å². The second kappa shape index (κ2) is 33.4. The number of aliphatic hydroxyl groups is 1. The monoisotopic (exact) mass is 1230 g/mol. The average molecular weight is 1230 g/mol. The molecule has 22 heteroatoms. The number of piperidine rings is 1. The highest BCUT2D eigenvalue weighted by atomic mass is 16.3. The molecule has 2 aromatic carbocycles. The maximum absolute atomic E-state index is 15.2. The van der Waals surface area contributed by atoms with Gasteiger partial charge in [-0.25, -0.2) is 0 Å². The number of carbonyl (C=O) groups excluding carboxylic acids is 11. The van der Waals surface area contributed by atoms with Crippen LogP contribution in [0.15, 0.2) is 60.7 Å². The molecule has 0 aromatic heterocycles. The predicted octanol–water partition coefficient (Wildman–Crippen LogP) is 3.80. The summed E-state index contributed by atoms with van der Waals surface area (Å²) < 4.78 is 0. The van der Waals surface area contributed by atoms with Gasteiger partial charge in [-0.2, -0.15) is 0 Å². The Kier molecular flexibility index (Phi) is 27.8. The van der Waals surface area contributed by atoms with Crippen LogP contribution in [0.3, 0.4) is 0 Å². The molecule has 2 aliphatic heterocycles. The highest BCUT2D eigenvalue weighted by Crippen LogP contribution is 2.28. The number of nitrogens with zero attached hydrogens (tertiary/aromatic N) is 8. The summed E-state index contributed by atoms with van der Waals surface area (Å²) in [5.74, 6) is -8.89. The van der Waals surface area contributed by atoms with Crippen LogP contribution < -0.4 is 10.6 Å². The van der Waals surface area contributed by atoms with Crippen LogP contribution in [-0.4, -0.2) is 232 Å². The first-order chi connectivity index (χ1) is 41.3. The van der Waals surface area contributed by atoms with Gasteiger partial charge in [0.2, 0.25) is 59.1 Å². The quantitative estimate of drug-likeness (QED) is 0.274. The molecule has 10 amide bonds. The normalized spacial score (nSPS) is 26.8. The summed E-state index contributed by atoms with van der Waals surface area (Å²) in [7, 11) is 9.91. The zero-order valence-corrected chi connectivity index (χ0v) is 55.4. The number of ketones is 1. The number of rotatable bonds is 12. The van der Waals surface area contributed by atoms with E-state index in [2.05, 4.69) is 10.6 Å². The van der Waals surface area contributed by atoms with Crippen LogP contribution in [0.1, 0.15) is 132 Å². The summed E-state index contributed by atoms with van der Waals surface area (Å²) in [6, 6.07) is 5.97. The van der Waals surface area contributed by atoms with Crippen molar-refractivity contribution in [3.8, 4) is 0 Å². The lowest BCUT2D eigenvalue weighted by Gasteiger charge is -2.39. The number of likely N-dealkylation sites (N-methyl/N-ethyl adjacent to an activating group) is 7. The van der Waals surface area contributed by atoms with E-state index >= 15 is 24.0 Å². The number of hydrogen-bond donors (Lipinski definition) is 3. The van der Waals surface area contributed by atoms with Crippen LogP contribution >= 0.6 is 0 Å². The Bertz CT molecular complexity index is 2740. The fourth-order valence-electron chi connectivity index (χ4n) is 11.5. The number of benzene rings is 2. The molecule has 12 atom stereocenters. The average Bonchev–Trinajstić information content (AvgIpc) is 1.58. The zero-order chi connectivity index (χ0) is 66.2. The van der Waals surface area contributed by atoms with Gasteiger partial charge in [0, 0.05) is 87.6 Å². The smallest absolute Gasteiger partial charge is 0.248 e. The SMILES string of the molecule is CC[C@H](C)[C@@H]1CC(=O)[C@H](C)N(C)C(=O)[C@@H](C)N(C)C(=O)C[C@@H](C(=O)N2CCCCC2)NC(=O)[C@H](CC(C)C)N(C)C(=O)[C@H](C)N(C)C(=O)[C@H](Cc2ccccc2)N(C)C(=O)[C@H]([C@@H](C)O)NC(=O)[C@H](Cc2ccccc2)N(C)C(=O)[C@H](CC(C)C)N(C)C1=O. The van der Waals surface area contributed by atoms with Gasteiger partial charge in [-0.05, 0) is 88.7 Å². The van der Waals surface area contributed by atoms with E-state index in [-0.39, 0.29) is 49.9 Å². The summed E-state index contributed by atoms with van der Waals surface area (Å²) in [4.78, 5) is 173. The topological polar surface area (TPSA) is 258 Å². The molecule has 0 unspecified atom stereocenters. The van der Waals surface area contributed by atoms with Crippen LogP contribution in [0.4, 0.5) is 0 Å². The molecule has 4 rings (SSSR count). The minimum atomic E-state index is -1.69. The van der Waals surface area contributed by atoms with E-state index in [9.17, 15) is 33.9 Å². The van der Waals surface area contributed by atoms with E-state index in [1.807, 2.05) is 41.5 Å². The van der Waals surface area contributed by atoms with Crippen LogP contribution in [0, 0.1) is 23.7 Å².